The molecule has 0 unspecified atom stereocenters. The third-order valence-electron chi connectivity index (χ3n) is 3.06. The summed E-state index contributed by atoms with van der Waals surface area (Å²) in [5.74, 6) is 0.670. The number of aromatic nitrogens is 3. The van der Waals surface area contributed by atoms with Gasteiger partial charge in [0.2, 0.25) is 5.95 Å². The summed E-state index contributed by atoms with van der Waals surface area (Å²) >= 11 is 0. The molecule has 0 saturated carbocycles. The van der Waals surface area contributed by atoms with E-state index in [4.69, 9.17) is 4.42 Å². The van der Waals surface area contributed by atoms with Crippen LogP contribution in [-0.4, -0.2) is 15.2 Å². The molecule has 0 saturated heterocycles. The van der Waals surface area contributed by atoms with Gasteiger partial charge in [-0.3, -0.25) is 9.78 Å². The molecular weight excluding hydrogens is 287 g/mol. The molecule has 112 valence electrons. The van der Waals surface area contributed by atoms with Crippen LogP contribution in [0.15, 0.2) is 51.9 Å². The van der Waals surface area contributed by atoms with Gasteiger partial charge in [-0.15, -0.1) is 10.2 Å². The predicted molar refractivity (Wildman–Crippen MR) is 77.9 cm³/mol. The van der Waals surface area contributed by atoms with Crippen LogP contribution in [0.4, 0.5) is 10.3 Å². The predicted octanol–water partition coefficient (Wildman–Crippen LogP) is 2.10. The van der Waals surface area contributed by atoms with Crippen molar-refractivity contribution in [2.75, 3.05) is 5.32 Å². The zero-order chi connectivity index (χ0) is 15.4. The van der Waals surface area contributed by atoms with Crippen LogP contribution in [0, 0.1) is 5.82 Å². The summed E-state index contributed by atoms with van der Waals surface area (Å²) in [6.07, 6.45) is 1.86. The van der Waals surface area contributed by atoms with Crippen LogP contribution >= 0.6 is 0 Å². The fourth-order valence-electron chi connectivity index (χ4n) is 1.94. The van der Waals surface area contributed by atoms with Gasteiger partial charge in [-0.25, -0.2) is 4.39 Å². The van der Waals surface area contributed by atoms with Gasteiger partial charge < -0.3 is 9.73 Å². The summed E-state index contributed by atoms with van der Waals surface area (Å²) in [5.41, 5.74) is 0.730. The fourth-order valence-corrected chi connectivity index (χ4v) is 1.94. The summed E-state index contributed by atoms with van der Waals surface area (Å²) in [4.78, 5) is 14.6. The van der Waals surface area contributed by atoms with Gasteiger partial charge in [0.1, 0.15) is 17.3 Å². The van der Waals surface area contributed by atoms with E-state index in [1.165, 1.54) is 12.1 Å². The molecule has 0 fully saturated rings. The molecule has 2 N–H and O–H groups in total. The number of rotatable bonds is 5. The number of hydrogen-bond acceptors (Lipinski definition) is 5. The van der Waals surface area contributed by atoms with Crippen LogP contribution in [0.25, 0.3) is 0 Å². The topological polar surface area (TPSA) is 83.8 Å². The van der Waals surface area contributed by atoms with Gasteiger partial charge in [-0.05, 0) is 29.8 Å². The Labute approximate surface area is 125 Å². The number of aromatic amines is 1. The van der Waals surface area contributed by atoms with Crippen molar-refractivity contribution in [3.8, 4) is 0 Å². The Hall–Kier alpha value is -2.96. The molecule has 2 aromatic heterocycles. The number of furan rings is 1. The first-order valence-electron chi connectivity index (χ1n) is 6.67. The largest absolute Gasteiger partial charge is 0.467 e. The lowest BCUT2D eigenvalue weighted by Crippen LogP contribution is -2.19. The molecule has 0 radical (unpaired) electrons. The highest BCUT2D eigenvalue weighted by atomic mass is 19.1. The summed E-state index contributed by atoms with van der Waals surface area (Å²) in [7, 11) is 0. The van der Waals surface area contributed by atoms with Crippen LogP contribution < -0.4 is 10.9 Å². The lowest BCUT2D eigenvalue weighted by molar-refractivity contribution is 0.517. The van der Waals surface area contributed by atoms with Crippen molar-refractivity contribution < 1.29 is 8.81 Å². The van der Waals surface area contributed by atoms with E-state index in [1.807, 2.05) is 0 Å². The lowest BCUT2D eigenvalue weighted by Gasteiger charge is -2.04. The zero-order valence-electron chi connectivity index (χ0n) is 11.5. The van der Waals surface area contributed by atoms with Crippen molar-refractivity contribution >= 4 is 5.95 Å². The van der Waals surface area contributed by atoms with Gasteiger partial charge in [0.15, 0.2) is 0 Å². The van der Waals surface area contributed by atoms with Gasteiger partial charge in [0, 0.05) is 6.42 Å². The Balaban J connectivity index is 1.69. The van der Waals surface area contributed by atoms with Crippen LogP contribution in [0.2, 0.25) is 0 Å². The van der Waals surface area contributed by atoms with Crippen LogP contribution in [0.5, 0.6) is 0 Å². The zero-order valence-corrected chi connectivity index (χ0v) is 11.5. The van der Waals surface area contributed by atoms with Gasteiger partial charge in [0.05, 0.1) is 12.8 Å². The second kappa shape index (κ2) is 6.21. The standard InChI is InChI=1S/C15H13FN4O2/c16-11-5-3-10(4-6-11)8-13-14(21)18-15(20-19-13)17-9-12-2-1-7-22-12/h1-7H,8-9H2,(H2,17,18,20,21). The van der Waals surface area contributed by atoms with Crippen molar-refractivity contribution in [2.45, 2.75) is 13.0 Å². The minimum absolute atomic E-state index is 0.268. The smallest absolute Gasteiger partial charge is 0.274 e. The molecule has 7 heteroatoms. The molecule has 2 heterocycles. The molecular formula is C15H13FN4O2. The molecule has 0 aliphatic rings. The van der Waals surface area contributed by atoms with Crippen molar-refractivity contribution in [2.24, 2.45) is 0 Å². The minimum Gasteiger partial charge on any atom is -0.467 e. The van der Waals surface area contributed by atoms with E-state index in [-0.39, 0.29) is 23.0 Å². The lowest BCUT2D eigenvalue weighted by atomic mass is 10.1. The van der Waals surface area contributed by atoms with Gasteiger partial charge >= 0.3 is 0 Å². The summed E-state index contributed by atoms with van der Waals surface area (Å²) in [6, 6.07) is 9.49. The van der Waals surface area contributed by atoms with Gasteiger partial charge in [0.25, 0.3) is 5.56 Å². The van der Waals surface area contributed by atoms with Crippen LogP contribution in [0.3, 0.4) is 0 Å². The average Bonchev–Trinajstić information content (AvgIpc) is 3.03. The van der Waals surface area contributed by atoms with Crippen molar-refractivity contribution in [1.29, 1.82) is 0 Å². The molecule has 0 bridgehead atoms. The molecule has 0 aliphatic carbocycles. The number of anilines is 1. The molecule has 3 rings (SSSR count). The number of halogens is 1. The summed E-state index contributed by atoms with van der Waals surface area (Å²) in [6.45, 7) is 0.398. The second-order valence-electron chi connectivity index (χ2n) is 4.69. The first kappa shape index (κ1) is 14.0. The quantitative estimate of drug-likeness (QED) is 0.754. The van der Waals surface area contributed by atoms with Gasteiger partial charge in [-0.2, -0.15) is 0 Å². The Morgan fingerprint density at radius 1 is 1.18 bits per heavy atom. The number of hydrogen-bond donors (Lipinski definition) is 2. The minimum atomic E-state index is -0.332. The molecule has 6 nitrogen and oxygen atoms in total. The SMILES string of the molecule is O=c1[nH]c(NCc2ccco2)nnc1Cc1ccc(F)cc1. The third-order valence-corrected chi connectivity index (χ3v) is 3.06. The molecule has 0 spiro atoms. The molecule has 1 aromatic carbocycles. The Bertz CT molecular complexity index is 797. The molecule has 3 aromatic rings. The molecule has 22 heavy (non-hydrogen) atoms. The van der Waals surface area contributed by atoms with Crippen LogP contribution in [0.1, 0.15) is 17.0 Å². The fraction of sp³-hybridized carbons (Fsp3) is 0.133. The Kier molecular flexibility index (Phi) is 3.95. The van der Waals surface area contributed by atoms with Gasteiger partial charge in [-0.1, -0.05) is 12.1 Å². The highest BCUT2D eigenvalue weighted by Gasteiger charge is 2.06. The Morgan fingerprint density at radius 3 is 2.68 bits per heavy atom. The average molecular weight is 300 g/mol. The molecule has 0 amide bonds. The van der Waals surface area contributed by atoms with E-state index in [9.17, 15) is 9.18 Å². The van der Waals surface area contributed by atoms with Crippen molar-refractivity contribution in [3.05, 3.63) is 75.9 Å². The van der Waals surface area contributed by atoms with Crippen molar-refractivity contribution in [1.82, 2.24) is 15.2 Å². The van der Waals surface area contributed by atoms with E-state index in [2.05, 4.69) is 20.5 Å². The monoisotopic (exact) mass is 300 g/mol. The highest BCUT2D eigenvalue weighted by molar-refractivity contribution is 5.25. The normalized spacial score (nSPS) is 10.6. The van der Waals surface area contributed by atoms with E-state index < -0.39 is 0 Å². The molecule has 0 atom stereocenters. The van der Waals surface area contributed by atoms with Crippen LogP contribution in [-0.2, 0) is 13.0 Å². The number of nitrogens with one attached hydrogen (secondary N) is 2. The number of H-pyrrole nitrogens is 1. The third kappa shape index (κ3) is 3.38. The highest BCUT2D eigenvalue weighted by Crippen LogP contribution is 2.07. The first-order chi connectivity index (χ1) is 10.7. The molecule has 0 aliphatic heterocycles. The van der Waals surface area contributed by atoms with E-state index in [1.54, 1.807) is 30.5 Å². The number of benzene rings is 1. The summed E-state index contributed by atoms with van der Waals surface area (Å²) < 4.78 is 18.0. The second-order valence-corrected chi connectivity index (χ2v) is 4.69. The number of nitrogens with zero attached hydrogens (tertiary/aromatic N) is 2. The maximum absolute atomic E-state index is 12.8. The first-order valence-corrected chi connectivity index (χ1v) is 6.67. The summed E-state index contributed by atoms with van der Waals surface area (Å²) in [5, 5.41) is 10.7. The maximum Gasteiger partial charge on any atom is 0.274 e. The Morgan fingerprint density at radius 2 is 2.00 bits per heavy atom. The van der Waals surface area contributed by atoms with Crippen molar-refractivity contribution in [3.63, 3.8) is 0 Å². The van der Waals surface area contributed by atoms with E-state index >= 15 is 0 Å². The van der Waals surface area contributed by atoms with E-state index in [0.717, 1.165) is 11.3 Å². The van der Waals surface area contributed by atoms with E-state index in [0.29, 0.717) is 13.0 Å². The maximum atomic E-state index is 12.8.